The first-order valence-electron chi connectivity index (χ1n) is 7.59. The van der Waals surface area contributed by atoms with Gasteiger partial charge in [-0.2, -0.15) is 24.9 Å². The van der Waals surface area contributed by atoms with E-state index in [-0.39, 0.29) is 23.3 Å². The Morgan fingerprint density at radius 1 is 1.19 bits per heavy atom. The smallest absolute Gasteiger partial charge is 0.477 e. The number of rotatable bonds is 5. The van der Waals surface area contributed by atoms with E-state index in [9.17, 15) is 26.3 Å². The third kappa shape index (κ3) is 7.20. The zero-order valence-electron chi connectivity index (χ0n) is 14.0. The standard InChI is InChI=1S/C17H15F6NO2S/c1-27-14-9-24-15(25-10-14)8-12(16(18,19)20)5-2-11-3-6-13(7-4-11)26-17(21,22)23/h2-8,14H,9-10H2,1H3. The number of hydrogen-bond acceptors (Lipinski definition) is 4. The van der Waals surface area contributed by atoms with Crippen LogP contribution in [0.1, 0.15) is 5.56 Å². The molecular weight excluding hydrogens is 396 g/mol. The lowest BCUT2D eigenvalue weighted by atomic mass is 10.1. The molecule has 1 aliphatic rings. The molecule has 1 heterocycles. The molecule has 0 aromatic heterocycles. The van der Waals surface area contributed by atoms with Crippen LogP contribution in [0.5, 0.6) is 5.75 Å². The predicted molar refractivity (Wildman–Crippen MR) is 91.9 cm³/mol. The van der Waals surface area contributed by atoms with Gasteiger partial charge in [-0.05, 0) is 30.0 Å². The Morgan fingerprint density at radius 2 is 1.85 bits per heavy atom. The summed E-state index contributed by atoms with van der Waals surface area (Å²) in [6.45, 7) is 0.633. The number of hydrogen-bond donors (Lipinski definition) is 0. The van der Waals surface area contributed by atoms with E-state index in [1.807, 2.05) is 6.26 Å². The van der Waals surface area contributed by atoms with E-state index in [1.54, 1.807) is 0 Å². The predicted octanol–water partition coefficient (Wildman–Crippen LogP) is 5.25. The average molecular weight is 411 g/mol. The molecule has 1 aromatic rings. The van der Waals surface area contributed by atoms with Crippen molar-refractivity contribution in [3.63, 3.8) is 0 Å². The van der Waals surface area contributed by atoms with Crippen molar-refractivity contribution >= 4 is 23.7 Å². The molecule has 0 N–H and O–H groups in total. The molecule has 0 aliphatic carbocycles. The van der Waals surface area contributed by atoms with E-state index in [4.69, 9.17) is 4.74 Å². The Kier molecular flexibility index (Phi) is 6.85. The van der Waals surface area contributed by atoms with Crippen molar-refractivity contribution in [1.29, 1.82) is 0 Å². The van der Waals surface area contributed by atoms with Crippen molar-refractivity contribution in [3.8, 4) is 5.75 Å². The summed E-state index contributed by atoms with van der Waals surface area (Å²) in [6, 6.07) is 4.45. The Labute approximate surface area is 155 Å². The highest BCUT2D eigenvalue weighted by atomic mass is 32.2. The highest BCUT2D eigenvalue weighted by molar-refractivity contribution is 7.99. The normalized spacial score (nSPS) is 19.0. The Balaban J connectivity index is 2.14. The van der Waals surface area contributed by atoms with Gasteiger partial charge < -0.3 is 9.47 Å². The van der Waals surface area contributed by atoms with E-state index >= 15 is 0 Å². The average Bonchev–Trinajstić information content (AvgIpc) is 2.58. The highest BCUT2D eigenvalue weighted by Gasteiger charge is 2.33. The lowest BCUT2D eigenvalue weighted by molar-refractivity contribution is -0.274. The molecule has 0 saturated carbocycles. The van der Waals surface area contributed by atoms with Crippen molar-refractivity contribution in [2.45, 2.75) is 17.8 Å². The van der Waals surface area contributed by atoms with Crippen LogP contribution in [-0.4, -0.2) is 43.1 Å². The summed E-state index contributed by atoms with van der Waals surface area (Å²) >= 11 is 1.51. The molecule has 0 bridgehead atoms. The first kappa shape index (κ1) is 21.2. The number of nitrogens with zero attached hydrogens (tertiary/aromatic N) is 1. The van der Waals surface area contributed by atoms with Crippen LogP contribution in [-0.2, 0) is 4.74 Å². The Hall–Kier alpha value is -2.10. The second kappa shape index (κ2) is 8.73. The number of halogens is 6. The molecule has 0 spiro atoms. The molecule has 2 rings (SSSR count). The highest BCUT2D eigenvalue weighted by Crippen LogP contribution is 2.28. The second-order valence-corrected chi connectivity index (χ2v) is 6.53. The van der Waals surface area contributed by atoms with E-state index in [0.717, 1.165) is 30.4 Å². The van der Waals surface area contributed by atoms with Crippen LogP contribution in [0.15, 0.2) is 47.0 Å². The van der Waals surface area contributed by atoms with Crippen LogP contribution < -0.4 is 4.74 Å². The third-order valence-electron chi connectivity index (χ3n) is 3.38. The van der Waals surface area contributed by atoms with Crippen LogP contribution in [0.3, 0.4) is 0 Å². The maximum atomic E-state index is 13.2. The fourth-order valence-electron chi connectivity index (χ4n) is 2.02. The van der Waals surface area contributed by atoms with Gasteiger partial charge in [0.05, 0.1) is 17.4 Å². The van der Waals surface area contributed by atoms with Gasteiger partial charge in [0.15, 0.2) is 0 Å². The number of thioether (sulfide) groups is 1. The summed E-state index contributed by atoms with van der Waals surface area (Å²) in [7, 11) is 0. The van der Waals surface area contributed by atoms with Gasteiger partial charge >= 0.3 is 12.5 Å². The van der Waals surface area contributed by atoms with Gasteiger partial charge in [0.2, 0.25) is 5.90 Å². The van der Waals surface area contributed by atoms with Crippen LogP contribution in [0.25, 0.3) is 6.08 Å². The van der Waals surface area contributed by atoms with Gasteiger partial charge in [0.25, 0.3) is 0 Å². The lowest BCUT2D eigenvalue weighted by Crippen LogP contribution is -2.25. The van der Waals surface area contributed by atoms with E-state index in [1.165, 1.54) is 23.9 Å². The van der Waals surface area contributed by atoms with Crippen molar-refractivity contribution in [2.75, 3.05) is 19.4 Å². The molecule has 0 amide bonds. The first-order valence-corrected chi connectivity index (χ1v) is 8.88. The number of benzene rings is 1. The van der Waals surface area contributed by atoms with Crippen molar-refractivity contribution in [1.82, 2.24) is 0 Å². The molecule has 3 nitrogen and oxygen atoms in total. The molecule has 1 aromatic carbocycles. The fourth-order valence-corrected chi connectivity index (χ4v) is 2.45. The Bertz CT molecular complexity index is 722. The van der Waals surface area contributed by atoms with Crippen molar-refractivity contribution in [3.05, 3.63) is 47.6 Å². The van der Waals surface area contributed by atoms with Crippen LogP contribution >= 0.6 is 11.8 Å². The molecule has 0 radical (unpaired) electrons. The largest absolute Gasteiger partial charge is 0.573 e. The molecule has 0 saturated heterocycles. The quantitative estimate of drug-likeness (QED) is 0.490. The Morgan fingerprint density at radius 3 is 2.33 bits per heavy atom. The van der Waals surface area contributed by atoms with E-state index < -0.39 is 23.9 Å². The monoisotopic (exact) mass is 411 g/mol. The van der Waals surface area contributed by atoms with E-state index in [2.05, 4.69) is 9.73 Å². The molecule has 27 heavy (non-hydrogen) atoms. The van der Waals surface area contributed by atoms with Gasteiger partial charge in [0.1, 0.15) is 12.4 Å². The topological polar surface area (TPSA) is 30.8 Å². The first-order chi connectivity index (χ1) is 12.6. The van der Waals surface area contributed by atoms with Crippen LogP contribution in [0.2, 0.25) is 0 Å². The summed E-state index contributed by atoms with van der Waals surface area (Å²) in [6.07, 6.45) is -4.87. The van der Waals surface area contributed by atoms with Gasteiger partial charge in [-0.25, -0.2) is 0 Å². The third-order valence-corrected chi connectivity index (χ3v) is 4.33. The van der Waals surface area contributed by atoms with Gasteiger partial charge in [-0.3, -0.25) is 4.99 Å². The minimum absolute atomic E-state index is 0.101. The molecule has 1 aliphatic heterocycles. The number of ether oxygens (including phenoxy) is 2. The summed E-state index contributed by atoms with van der Waals surface area (Å²) in [5.74, 6) is -0.564. The van der Waals surface area contributed by atoms with Gasteiger partial charge in [0, 0.05) is 6.08 Å². The summed E-state index contributed by atoms with van der Waals surface area (Å²) in [5.41, 5.74) is -0.715. The molecule has 0 fully saturated rings. The minimum atomic E-state index is -4.83. The van der Waals surface area contributed by atoms with Gasteiger partial charge in [-0.1, -0.05) is 18.2 Å². The number of allylic oxidation sites excluding steroid dienone is 2. The molecule has 1 unspecified atom stereocenters. The lowest BCUT2D eigenvalue weighted by Gasteiger charge is -2.19. The molecule has 10 heteroatoms. The summed E-state index contributed by atoms with van der Waals surface area (Å²) < 4.78 is 84.8. The SMILES string of the molecule is CSC1CN=C(C=C(C=Cc2ccc(OC(F)(F)F)cc2)C(F)(F)F)OC1. The number of aliphatic imine (C=N–C) groups is 1. The molecule has 1 atom stereocenters. The van der Waals surface area contributed by atoms with Crippen molar-refractivity contribution in [2.24, 2.45) is 4.99 Å². The van der Waals surface area contributed by atoms with Crippen LogP contribution in [0.4, 0.5) is 26.3 Å². The zero-order valence-corrected chi connectivity index (χ0v) is 14.8. The number of alkyl halides is 6. The van der Waals surface area contributed by atoms with Gasteiger partial charge in [-0.15, -0.1) is 13.2 Å². The second-order valence-electron chi connectivity index (χ2n) is 5.40. The molecule has 148 valence electrons. The van der Waals surface area contributed by atoms with Crippen LogP contribution in [0, 0.1) is 0 Å². The maximum absolute atomic E-state index is 13.2. The fraction of sp³-hybridized carbons (Fsp3) is 0.353. The zero-order chi connectivity index (χ0) is 20.1. The molecular formula is C17H15F6NO2S. The summed E-state index contributed by atoms with van der Waals surface area (Å²) in [5, 5.41) is 0.101. The van der Waals surface area contributed by atoms with Crippen molar-refractivity contribution < 1.29 is 35.8 Å². The maximum Gasteiger partial charge on any atom is 0.573 e. The van der Waals surface area contributed by atoms with E-state index in [0.29, 0.717) is 6.54 Å². The summed E-state index contributed by atoms with van der Waals surface area (Å²) in [4.78, 5) is 3.98. The minimum Gasteiger partial charge on any atom is -0.477 e.